The molecule has 0 saturated carbocycles. The van der Waals surface area contributed by atoms with Crippen LogP contribution in [0.1, 0.15) is 17.4 Å². The van der Waals surface area contributed by atoms with Crippen LogP contribution in [0.3, 0.4) is 0 Å². The first-order chi connectivity index (χ1) is 10.7. The van der Waals surface area contributed by atoms with Crippen molar-refractivity contribution in [3.63, 3.8) is 0 Å². The van der Waals surface area contributed by atoms with Crippen LogP contribution in [0.5, 0.6) is 5.75 Å². The Balaban J connectivity index is 2.33. The summed E-state index contributed by atoms with van der Waals surface area (Å²) in [4.78, 5) is 12.3. The molecule has 0 fully saturated rings. The zero-order valence-electron chi connectivity index (χ0n) is 12.2. The number of rotatable bonds is 3. The van der Waals surface area contributed by atoms with Crippen molar-refractivity contribution in [1.82, 2.24) is 0 Å². The Morgan fingerprint density at radius 1 is 1.09 bits per heavy atom. The third-order valence-corrected chi connectivity index (χ3v) is 3.43. The Kier molecular flexibility index (Phi) is 3.74. The molecule has 0 spiro atoms. The lowest BCUT2D eigenvalue weighted by atomic mass is 10.1. The molecule has 0 aliphatic heterocycles. The fourth-order valence-electron chi connectivity index (χ4n) is 2.44. The van der Waals surface area contributed by atoms with Crippen molar-refractivity contribution in [1.29, 1.82) is 0 Å². The lowest BCUT2D eigenvalue weighted by Gasteiger charge is -2.14. The molecule has 0 N–H and O–H groups in total. The van der Waals surface area contributed by atoms with Crippen LogP contribution in [0, 0.1) is 0 Å². The van der Waals surface area contributed by atoms with Gasteiger partial charge in [-0.15, -0.1) is 0 Å². The quantitative estimate of drug-likeness (QED) is 0.550. The number of pyridine rings is 1. The Hall–Kier alpha value is -2.88. The molecule has 2 aromatic carbocycles. The minimum absolute atomic E-state index is 0.0201. The van der Waals surface area contributed by atoms with E-state index in [2.05, 4.69) is 0 Å². The summed E-state index contributed by atoms with van der Waals surface area (Å²) in [6.45, 7) is 1.94. The monoisotopic (exact) mass is 293 g/mol. The van der Waals surface area contributed by atoms with E-state index < -0.39 is 5.97 Å². The van der Waals surface area contributed by atoms with Gasteiger partial charge in [0.1, 0.15) is 0 Å². The van der Waals surface area contributed by atoms with Crippen LogP contribution >= 0.6 is 0 Å². The number of hydrogen-bond donors (Lipinski definition) is 0. The first-order valence-corrected chi connectivity index (χ1v) is 7.09. The lowest BCUT2D eigenvalue weighted by molar-refractivity contribution is -0.600. The van der Waals surface area contributed by atoms with Crippen LogP contribution in [0.15, 0.2) is 60.8 Å². The number of aromatic nitrogens is 1. The van der Waals surface area contributed by atoms with E-state index in [1.807, 2.05) is 42.5 Å². The molecule has 1 aromatic heterocycles. The molecule has 3 aromatic rings. The number of carbonyl (C=O) groups is 1. The zero-order valence-corrected chi connectivity index (χ0v) is 12.2. The highest BCUT2D eigenvalue weighted by Crippen LogP contribution is 2.24. The molecule has 0 saturated heterocycles. The molecular formula is C18H15NO3. The number of fused-ring (bicyclic) bond motifs is 1. The maximum Gasteiger partial charge on any atom is 0.403 e. The smallest absolute Gasteiger partial charge is 0.403 e. The van der Waals surface area contributed by atoms with Gasteiger partial charge in [0, 0.05) is 17.5 Å². The number of nitrogens with zero attached hydrogens (tertiary/aromatic N) is 1. The summed E-state index contributed by atoms with van der Waals surface area (Å²) in [7, 11) is 0. The molecule has 0 aliphatic rings. The normalized spacial score (nSPS) is 10.6. The summed E-state index contributed by atoms with van der Waals surface area (Å²) in [5, 5.41) is 14.0. The van der Waals surface area contributed by atoms with Gasteiger partial charge in [0.25, 0.3) is 5.69 Å². The summed E-state index contributed by atoms with van der Waals surface area (Å²) in [6, 6.07) is 16.5. The highest BCUT2D eigenvalue weighted by molar-refractivity contribution is 5.97. The van der Waals surface area contributed by atoms with E-state index in [1.54, 1.807) is 29.8 Å². The van der Waals surface area contributed by atoms with Gasteiger partial charge in [-0.1, -0.05) is 36.4 Å². The predicted molar refractivity (Wildman–Crippen MR) is 80.9 cm³/mol. The highest BCUT2D eigenvalue weighted by atomic mass is 16.5. The molecule has 0 radical (unpaired) electrons. The second-order valence-electron chi connectivity index (χ2n) is 4.82. The van der Waals surface area contributed by atoms with Crippen molar-refractivity contribution < 1.29 is 19.2 Å². The summed E-state index contributed by atoms with van der Waals surface area (Å²) in [5.41, 5.74) is 0.764. The van der Waals surface area contributed by atoms with Crippen LogP contribution in [-0.4, -0.2) is 12.6 Å². The fourth-order valence-corrected chi connectivity index (χ4v) is 2.44. The molecule has 0 atom stereocenters. The summed E-state index contributed by atoms with van der Waals surface area (Å²) in [5.74, 6) is -0.928. The first kappa shape index (κ1) is 14.1. The summed E-state index contributed by atoms with van der Waals surface area (Å²) in [6.07, 6.45) is 1.79. The summed E-state index contributed by atoms with van der Waals surface area (Å²) >= 11 is 0. The average molecular weight is 293 g/mol. The molecule has 0 bridgehead atoms. The van der Waals surface area contributed by atoms with Gasteiger partial charge in [-0.25, -0.2) is 4.79 Å². The number of benzene rings is 2. The van der Waals surface area contributed by atoms with Crippen molar-refractivity contribution >= 4 is 16.7 Å². The zero-order chi connectivity index (χ0) is 15.5. The van der Waals surface area contributed by atoms with E-state index in [1.165, 1.54) is 0 Å². The molecule has 22 heavy (non-hydrogen) atoms. The third-order valence-electron chi connectivity index (χ3n) is 3.43. The number of hydrogen-bond acceptors (Lipinski definition) is 3. The summed E-state index contributed by atoms with van der Waals surface area (Å²) < 4.78 is 6.66. The largest absolute Gasteiger partial charge is 0.867 e. The number of esters is 1. The van der Waals surface area contributed by atoms with Crippen LogP contribution in [0.2, 0.25) is 0 Å². The van der Waals surface area contributed by atoms with E-state index in [0.717, 1.165) is 11.1 Å². The number of carbonyl (C=O) groups excluding carboxylic acids is 1. The molecule has 0 aliphatic carbocycles. The fraction of sp³-hybridized carbons (Fsp3) is 0.111. The number of para-hydroxylation sites is 1. The van der Waals surface area contributed by atoms with Crippen molar-refractivity contribution in [2.24, 2.45) is 0 Å². The second-order valence-corrected chi connectivity index (χ2v) is 4.82. The lowest BCUT2D eigenvalue weighted by Crippen LogP contribution is -2.39. The van der Waals surface area contributed by atoms with Crippen molar-refractivity contribution in [3.8, 4) is 11.4 Å². The van der Waals surface area contributed by atoms with Gasteiger partial charge >= 0.3 is 5.97 Å². The Morgan fingerprint density at radius 2 is 1.77 bits per heavy atom. The molecule has 1 heterocycles. The van der Waals surface area contributed by atoms with Crippen LogP contribution < -0.4 is 9.67 Å². The predicted octanol–water partition coefficient (Wildman–Crippen LogP) is 2.37. The Morgan fingerprint density at radius 3 is 2.50 bits per heavy atom. The maximum absolute atomic E-state index is 12.7. The second kappa shape index (κ2) is 5.85. The van der Waals surface area contributed by atoms with Crippen molar-refractivity contribution in [2.45, 2.75) is 6.92 Å². The van der Waals surface area contributed by atoms with Crippen molar-refractivity contribution in [3.05, 3.63) is 66.5 Å². The molecular weight excluding hydrogens is 278 g/mol. The Bertz CT molecular complexity index is 828. The molecule has 0 unspecified atom stereocenters. The minimum Gasteiger partial charge on any atom is -0.867 e. The minimum atomic E-state index is -0.609. The van der Waals surface area contributed by atoms with Gasteiger partial charge in [-0.3, -0.25) is 0 Å². The average Bonchev–Trinajstić information content (AvgIpc) is 2.55. The molecule has 110 valence electrons. The topological polar surface area (TPSA) is 53.2 Å². The van der Waals surface area contributed by atoms with Gasteiger partial charge in [-0.05, 0) is 24.1 Å². The van der Waals surface area contributed by atoms with E-state index in [-0.39, 0.29) is 18.1 Å². The number of ether oxygens (including phenoxy) is 1. The SMILES string of the molecule is CCOC(=O)c1c([O-])c2ccccc2c[n+]1-c1ccccc1. The first-order valence-electron chi connectivity index (χ1n) is 7.09. The van der Waals surface area contributed by atoms with Gasteiger partial charge in [-0.2, -0.15) is 4.57 Å². The van der Waals surface area contributed by atoms with E-state index in [9.17, 15) is 9.90 Å². The van der Waals surface area contributed by atoms with E-state index >= 15 is 0 Å². The van der Waals surface area contributed by atoms with Crippen LogP contribution in [-0.2, 0) is 4.74 Å². The van der Waals surface area contributed by atoms with Gasteiger partial charge in [0.15, 0.2) is 6.20 Å². The van der Waals surface area contributed by atoms with Crippen LogP contribution in [0.4, 0.5) is 0 Å². The van der Waals surface area contributed by atoms with Crippen molar-refractivity contribution in [2.75, 3.05) is 6.61 Å². The molecule has 0 amide bonds. The Labute approximate surface area is 128 Å². The van der Waals surface area contributed by atoms with E-state index in [4.69, 9.17) is 4.74 Å². The molecule has 3 rings (SSSR count). The van der Waals surface area contributed by atoms with Gasteiger partial charge < -0.3 is 9.84 Å². The standard InChI is InChI=1S/C18H15NO3/c1-2-22-18(21)16-17(20)15-11-7-6-8-13(15)12-19(16)14-9-4-3-5-10-14/h3-12H,2H2,1H3. The molecule has 4 heteroatoms. The van der Waals surface area contributed by atoms with Crippen LogP contribution in [0.25, 0.3) is 16.5 Å². The third kappa shape index (κ3) is 2.39. The highest BCUT2D eigenvalue weighted by Gasteiger charge is 2.25. The maximum atomic E-state index is 12.7. The molecule has 4 nitrogen and oxygen atoms in total. The van der Waals surface area contributed by atoms with Gasteiger partial charge in [0.05, 0.1) is 6.61 Å². The van der Waals surface area contributed by atoms with Gasteiger partial charge in [0.2, 0.25) is 5.69 Å². The van der Waals surface area contributed by atoms with E-state index in [0.29, 0.717) is 5.39 Å².